The van der Waals surface area contributed by atoms with Crippen LogP contribution in [0.15, 0.2) is 0 Å². The van der Waals surface area contributed by atoms with E-state index in [9.17, 15) is 5.11 Å². The minimum absolute atomic E-state index is 0.0723. The van der Waals surface area contributed by atoms with Gasteiger partial charge in [-0.05, 0) is 26.7 Å². The molecular weight excluding hydrogens is 204 g/mol. The molecule has 0 aromatic carbocycles. The van der Waals surface area contributed by atoms with Crippen molar-refractivity contribution in [2.24, 2.45) is 0 Å². The zero-order valence-corrected chi connectivity index (χ0v) is 10.4. The summed E-state index contributed by atoms with van der Waals surface area (Å²) in [4.78, 5) is 2.46. The summed E-state index contributed by atoms with van der Waals surface area (Å²) < 4.78 is 5.74. The number of rotatable bonds is 4. The topological polar surface area (TPSA) is 44.7 Å². The lowest BCUT2D eigenvalue weighted by Crippen LogP contribution is -2.52. The Kier molecular flexibility index (Phi) is 4.19. The van der Waals surface area contributed by atoms with Crippen molar-refractivity contribution in [2.75, 3.05) is 26.2 Å². The van der Waals surface area contributed by atoms with Crippen molar-refractivity contribution in [3.8, 4) is 0 Å². The van der Waals surface area contributed by atoms with E-state index in [-0.39, 0.29) is 6.10 Å². The van der Waals surface area contributed by atoms with Crippen molar-refractivity contribution in [1.82, 2.24) is 10.2 Å². The van der Waals surface area contributed by atoms with Crippen LogP contribution in [-0.4, -0.2) is 60.5 Å². The summed E-state index contributed by atoms with van der Waals surface area (Å²) in [6, 6.07) is 1.12. The van der Waals surface area contributed by atoms with Crippen molar-refractivity contribution in [1.29, 1.82) is 0 Å². The van der Waals surface area contributed by atoms with Gasteiger partial charge in [-0.15, -0.1) is 0 Å². The monoisotopic (exact) mass is 228 g/mol. The molecule has 1 aliphatic heterocycles. The molecule has 2 rings (SSSR count). The van der Waals surface area contributed by atoms with Crippen molar-refractivity contribution in [3.05, 3.63) is 0 Å². The fourth-order valence-electron chi connectivity index (χ4n) is 2.39. The summed E-state index contributed by atoms with van der Waals surface area (Å²) in [5.41, 5.74) is 0. The van der Waals surface area contributed by atoms with Crippen LogP contribution in [0.2, 0.25) is 0 Å². The molecule has 0 amide bonds. The van der Waals surface area contributed by atoms with Gasteiger partial charge >= 0.3 is 0 Å². The van der Waals surface area contributed by atoms with E-state index in [1.807, 2.05) is 0 Å². The first-order valence-electron chi connectivity index (χ1n) is 6.42. The molecule has 4 heteroatoms. The molecule has 0 radical (unpaired) electrons. The van der Waals surface area contributed by atoms with Gasteiger partial charge in [0.2, 0.25) is 0 Å². The van der Waals surface area contributed by atoms with Gasteiger partial charge in [-0.3, -0.25) is 4.90 Å². The van der Waals surface area contributed by atoms with Crippen LogP contribution in [0, 0.1) is 0 Å². The van der Waals surface area contributed by atoms with E-state index >= 15 is 0 Å². The minimum atomic E-state index is -0.0723. The maximum Gasteiger partial charge on any atom is 0.0826 e. The molecule has 16 heavy (non-hydrogen) atoms. The summed E-state index contributed by atoms with van der Waals surface area (Å²) >= 11 is 0. The highest BCUT2D eigenvalue weighted by atomic mass is 16.5. The molecule has 0 aromatic rings. The molecule has 0 aromatic heterocycles. The predicted molar refractivity (Wildman–Crippen MR) is 63.5 cm³/mol. The Morgan fingerprint density at radius 3 is 2.81 bits per heavy atom. The Labute approximate surface area is 98.0 Å². The first kappa shape index (κ1) is 12.3. The third-order valence-corrected chi connectivity index (χ3v) is 3.65. The molecular formula is C12H24N2O2. The van der Waals surface area contributed by atoms with Crippen LogP contribution in [0.4, 0.5) is 0 Å². The zero-order chi connectivity index (χ0) is 11.5. The second-order valence-corrected chi connectivity index (χ2v) is 5.31. The number of nitrogens with one attached hydrogen (secondary N) is 1. The maximum atomic E-state index is 9.19. The number of morpholine rings is 1. The van der Waals surface area contributed by atoms with Crippen molar-refractivity contribution < 1.29 is 9.84 Å². The van der Waals surface area contributed by atoms with E-state index in [0.717, 1.165) is 39.1 Å². The van der Waals surface area contributed by atoms with E-state index in [1.54, 1.807) is 0 Å². The number of aliphatic hydroxyl groups excluding tert-OH is 1. The highest BCUT2D eigenvalue weighted by Crippen LogP contribution is 2.19. The van der Waals surface area contributed by atoms with Crippen LogP contribution in [-0.2, 0) is 4.74 Å². The fourth-order valence-corrected chi connectivity index (χ4v) is 2.39. The molecule has 1 saturated carbocycles. The molecule has 1 unspecified atom stereocenters. The van der Waals surface area contributed by atoms with Gasteiger partial charge < -0.3 is 15.2 Å². The molecule has 2 fully saturated rings. The van der Waals surface area contributed by atoms with Crippen LogP contribution in [0.3, 0.4) is 0 Å². The zero-order valence-electron chi connectivity index (χ0n) is 10.4. The number of hydrogen-bond donors (Lipinski definition) is 2. The average Bonchev–Trinajstić information content (AvgIpc) is 2.23. The third-order valence-electron chi connectivity index (χ3n) is 3.65. The van der Waals surface area contributed by atoms with Gasteiger partial charge in [0, 0.05) is 31.7 Å². The second kappa shape index (κ2) is 5.45. The Morgan fingerprint density at radius 1 is 1.44 bits per heavy atom. The molecule has 94 valence electrons. The maximum absolute atomic E-state index is 9.19. The molecule has 1 atom stereocenters. The van der Waals surface area contributed by atoms with Crippen LogP contribution >= 0.6 is 0 Å². The van der Waals surface area contributed by atoms with E-state index in [0.29, 0.717) is 18.2 Å². The summed E-state index contributed by atoms with van der Waals surface area (Å²) in [6.07, 6.45) is 2.05. The van der Waals surface area contributed by atoms with E-state index < -0.39 is 0 Å². The van der Waals surface area contributed by atoms with Crippen molar-refractivity contribution in [2.45, 2.75) is 51.0 Å². The van der Waals surface area contributed by atoms with E-state index in [1.165, 1.54) is 0 Å². The normalized spacial score (nSPS) is 36.4. The third kappa shape index (κ3) is 3.17. The summed E-state index contributed by atoms with van der Waals surface area (Å²) in [7, 11) is 0. The molecule has 0 spiro atoms. The van der Waals surface area contributed by atoms with E-state index in [2.05, 4.69) is 24.1 Å². The second-order valence-electron chi connectivity index (χ2n) is 5.31. The summed E-state index contributed by atoms with van der Waals surface area (Å²) in [5.74, 6) is 0. The molecule has 1 saturated heterocycles. The SMILES string of the molecule is CC(C)N1CCOC(CNC2CC(O)C2)C1. The van der Waals surface area contributed by atoms with Gasteiger partial charge in [-0.2, -0.15) is 0 Å². The predicted octanol–water partition coefficient (Wildman–Crippen LogP) is 0.209. The molecule has 1 heterocycles. The van der Waals surface area contributed by atoms with Crippen molar-refractivity contribution in [3.63, 3.8) is 0 Å². The van der Waals surface area contributed by atoms with Gasteiger partial charge in [-0.1, -0.05) is 0 Å². The van der Waals surface area contributed by atoms with Crippen LogP contribution in [0.25, 0.3) is 0 Å². The Hall–Kier alpha value is -0.160. The minimum Gasteiger partial charge on any atom is -0.393 e. The number of nitrogens with zero attached hydrogens (tertiary/aromatic N) is 1. The van der Waals surface area contributed by atoms with Crippen molar-refractivity contribution >= 4 is 0 Å². The Balaban J connectivity index is 1.65. The standard InChI is InChI=1S/C12H24N2O2/c1-9(2)14-3-4-16-12(8-14)7-13-10-5-11(15)6-10/h9-13,15H,3-8H2,1-2H3. The van der Waals surface area contributed by atoms with Crippen LogP contribution in [0.1, 0.15) is 26.7 Å². The number of aliphatic hydroxyl groups is 1. The molecule has 2 N–H and O–H groups in total. The largest absolute Gasteiger partial charge is 0.393 e. The average molecular weight is 228 g/mol. The van der Waals surface area contributed by atoms with E-state index in [4.69, 9.17) is 4.74 Å². The first-order chi connectivity index (χ1) is 7.65. The van der Waals surface area contributed by atoms with Crippen LogP contribution < -0.4 is 5.32 Å². The van der Waals surface area contributed by atoms with Gasteiger partial charge in [-0.25, -0.2) is 0 Å². The van der Waals surface area contributed by atoms with Gasteiger partial charge in [0.05, 0.1) is 18.8 Å². The molecule has 2 aliphatic rings. The Bertz CT molecular complexity index is 217. The van der Waals surface area contributed by atoms with Gasteiger partial charge in [0.25, 0.3) is 0 Å². The summed E-state index contributed by atoms with van der Waals surface area (Å²) in [5, 5.41) is 12.7. The lowest BCUT2D eigenvalue weighted by Gasteiger charge is -2.38. The molecule has 0 bridgehead atoms. The lowest BCUT2D eigenvalue weighted by atomic mass is 9.89. The molecule has 1 aliphatic carbocycles. The van der Waals surface area contributed by atoms with Gasteiger partial charge in [0.15, 0.2) is 0 Å². The smallest absolute Gasteiger partial charge is 0.0826 e. The molecule has 4 nitrogen and oxygen atoms in total. The van der Waals surface area contributed by atoms with Gasteiger partial charge in [0.1, 0.15) is 0 Å². The summed E-state index contributed by atoms with van der Waals surface area (Å²) in [6.45, 7) is 8.31. The first-order valence-corrected chi connectivity index (χ1v) is 6.42. The highest BCUT2D eigenvalue weighted by molar-refractivity contribution is 4.86. The highest BCUT2D eigenvalue weighted by Gasteiger charge is 2.28. The van der Waals surface area contributed by atoms with Crippen LogP contribution in [0.5, 0.6) is 0 Å². The fraction of sp³-hybridized carbons (Fsp3) is 1.00. The quantitative estimate of drug-likeness (QED) is 0.722. The number of hydrogen-bond acceptors (Lipinski definition) is 4. The lowest BCUT2D eigenvalue weighted by molar-refractivity contribution is -0.0417. The Morgan fingerprint density at radius 2 is 2.19 bits per heavy atom. The number of ether oxygens (including phenoxy) is 1.